The van der Waals surface area contributed by atoms with Crippen molar-refractivity contribution in [3.8, 4) is 11.4 Å². The van der Waals surface area contributed by atoms with Crippen molar-refractivity contribution in [3.63, 3.8) is 0 Å². The highest BCUT2D eigenvalue weighted by Crippen LogP contribution is 2.26. The number of benzene rings is 1. The highest BCUT2D eigenvalue weighted by atomic mass is 19.4. The number of nitrogens with zero attached hydrogens (tertiary/aromatic N) is 4. The molecule has 0 aliphatic carbocycles. The number of nitrogens with one attached hydrogen (secondary N) is 2. The molecule has 2 aromatic rings. The molecule has 2 N–H and O–H groups in total. The van der Waals surface area contributed by atoms with Gasteiger partial charge in [0.15, 0.2) is 11.8 Å². The van der Waals surface area contributed by atoms with Crippen LogP contribution in [0.4, 0.5) is 17.6 Å². The molecule has 7 nitrogen and oxygen atoms in total. The van der Waals surface area contributed by atoms with E-state index in [1.807, 2.05) is 0 Å². The van der Waals surface area contributed by atoms with Gasteiger partial charge in [0.2, 0.25) is 0 Å². The molecule has 1 aromatic carbocycles. The van der Waals surface area contributed by atoms with Gasteiger partial charge >= 0.3 is 6.18 Å². The van der Waals surface area contributed by atoms with E-state index in [0.29, 0.717) is 0 Å². The topological polar surface area (TPSA) is 82.5 Å². The smallest absolute Gasteiger partial charge is 0.354 e. The highest BCUT2D eigenvalue weighted by molar-refractivity contribution is 6.00. The van der Waals surface area contributed by atoms with Gasteiger partial charge in [0, 0.05) is 43.3 Å². The molecule has 3 rings (SSSR count). The first kappa shape index (κ1) is 23.2. The van der Waals surface area contributed by atoms with Crippen molar-refractivity contribution >= 4 is 11.9 Å². The van der Waals surface area contributed by atoms with Crippen LogP contribution in [0, 0.1) is 5.82 Å². The van der Waals surface area contributed by atoms with Gasteiger partial charge in [-0.3, -0.25) is 4.79 Å². The summed E-state index contributed by atoms with van der Waals surface area (Å²) >= 11 is 0. The number of likely N-dealkylation sites (N-methyl/N-ethyl adjacent to an activating group) is 1. The summed E-state index contributed by atoms with van der Waals surface area (Å²) in [5.74, 6) is -0.843. The lowest BCUT2D eigenvalue weighted by Gasteiger charge is -2.30. The molecule has 1 aliphatic heterocycles. The third-order valence-electron chi connectivity index (χ3n) is 4.89. The molecule has 170 valence electrons. The maximum absolute atomic E-state index is 14.7. The lowest BCUT2D eigenvalue weighted by atomic mass is 10.0. The maximum atomic E-state index is 14.7. The van der Waals surface area contributed by atoms with Crippen molar-refractivity contribution in [3.05, 3.63) is 59.8 Å². The predicted octanol–water partition coefficient (Wildman–Crippen LogP) is 3.13. The summed E-state index contributed by atoms with van der Waals surface area (Å²) in [7, 11) is 0. The molecule has 0 fully saturated rings. The number of hydrogen-bond donors (Lipinski definition) is 2. The molecule has 0 radical (unpaired) electrons. The van der Waals surface area contributed by atoms with E-state index in [0.717, 1.165) is 6.20 Å². The molecule has 1 aromatic heterocycles. The number of alkyl halides is 3. The van der Waals surface area contributed by atoms with Gasteiger partial charge in [0.25, 0.3) is 5.91 Å². The van der Waals surface area contributed by atoms with Gasteiger partial charge in [-0.15, -0.1) is 0 Å². The normalized spacial score (nSPS) is 14.7. The van der Waals surface area contributed by atoms with Crippen molar-refractivity contribution in [2.75, 3.05) is 19.6 Å². The zero-order valence-corrected chi connectivity index (χ0v) is 17.4. The number of carbonyl (C=O) groups excluding carboxylic acids is 1. The SMILES string of the molecule is CCN(C(=O)c1c(F)cccc1-c1ncccn1)[C@@H](C)CNC1=NCC(C(F)(F)F)=CN1. The molecule has 0 saturated heterocycles. The van der Waals surface area contributed by atoms with Gasteiger partial charge in [-0.25, -0.2) is 19.4 Å². The third-order valence-corrected chi connectivity index (χ3v) is 4.89. The summed E-state index contributed by atoms with van der Waals surface area (Å²) in [6.07, 6.45) is -0.584. The Morgan fingerprint density at radius 1 is 1.25 bits per heavy atom. The minimum atomic E-state index is -4.44. The van der Waals surface area contributed by atoms with E-state index in [4.69, 9.17) is 0 Å². The molecular formula is C21H22F4N6O. The summed E-state index contributed by atoms with van der Waals surface area (Å²) in [6, 6.07) is 5.45. The van der Waals surface area contributed by atoms with Crippen LogP contribution >= 0.6 is 0 Å². The second-order valence-corrected chi connectivity index (χ2v) is 7.03. The van der Waals surface area contributed by atoms with Crippen LogP contribution in [0.5, 0.6) is 0 Å². The Balaban J connectivity index is 1.73. The number of amides is 1. The van der Waals surface area contributed by atoms with Crippen LogP contribution < -0.4 is 10.6 Å². The standard InChI is InChI=1S/C21H22F4N6O/c1-3-31(13(2)10-28-20-29-11-14(12-30-20)21(23,24)25)19(32)17-15(6-4-7-16(17)22)18-26-8-5-9-27-18/h4-9,11,13H,3,10,12H2,1-2H3,(H2,28,29,30)/t13-/m0/s1. The molecule has 0 spiro atoms. The molecule has 11 heteroatoms. The van der Waals surface area contributed by atoms with Gasteiger partial charge in [-0.2, -0.15) is 13.2 Å². The Hall–Kier alpha value is -3.50. The van der Waals surface area contributed by atoms with E-state index < -0.39 is 36.1 Å². The van der Waals surface area contributed by atoms with Crippen LogP contribution in [-0.4, -0.2) is 58.6 Å². The Morgan fingerprint density at radius 3 is 2.56 bits per heavy atom. The van der Waals surface area contributed by atoms with Gasteiger partial charge in [0.05, 0.1) is 17.7 Å². The number of carbonyl (C=O) groups is 1. The number of aromatic nitrogens is 2. The van der Waals surface area contributed by atoms with Crippen LogP contribution in [0.15, 0.2) is 53.4 Å². The first-order valence-electron chi connectivity index (χ1n) is 9.90. The minimum Gasteiger partial charge on any atom is -0.354 e. The molecule has 1 amide bonds. The largest absolute Gasteiger partial charge is 0.415 e. The summed E-state index contributed by atoms with van der Waals surface area (Å²) in [5.41, 5.74) is -0.646. The van der Waals surface area contributed by atoms with E-state index in [9.17, 15) is 22.4 Å². The average molecular weight is 450 g/mol. The van der Waals surface area contributed by atoms with Crippen molar-refractivity contribution in [1.82, 2.24) is 25.5 Å². The number of aliphatic imine (C=N–C) groups is 1. The summed E-state index contributed by atoms with van der Waals surface area (Å²) < 4.78 is 52.8. The van der Waals surface area contributed by atoms with Gasteiger partial charge in [0.1, 0.15) is 5.82 Å². The lowest BCUT2D eigenvalue weighted by molar-refractivity contribution is -0.0926. The Labute approximate surface area is 182 Å². The van der Waals surface area contributed by atoms with Crippen LogP contribution in [0.2, 0.25) is 0 Å². The second kappa shape index (κ2) is 9.75. The van der Waals surface area contributed by atoms with Crippen LogP contribution in [0.25, 0.3) is 11.4 Å². The van der Waals surface area contributed by atoms with E-state index in [1.165, 1.54) is 29.4 Å². The number of halogens is 4. The minimum absolute atomic E-state index is 0.140. The molecule has 0 bridgehead atoms. The fraction of sp³-hybridized carbons (Fsp3) is 0.333. The molecule has 2 heterocycles. The van der Waals surface area contributed by atoms with Gasteiger partial charge in [-0.05, 0) is 26.0 Å². The van der Waals surface area contributed by atoms with Crippen LogP contribution in [0.1, 0.15) is 24.2 Å². The molecule has 0 saturated carbocycles. The average Bonchev–Trinajstić information content (AvgIpc) is 2.78. The highest BCUT2D eigenvalue weighted by Gasteiger charge is 2.34. The van der Waals surface area contributed by atoms with Crippen molar-refractivity contribution in [1.29, 1.82) is 0 Å². The summed E-state index contributed by atoms with van der Waals surface area (Å²) in [4.78, 5) is 26.8. The lowest BCUT2D eigenvalue weighted by Crippen LogP contribution is -2.48. The van der Waals surface area contributed by atoms with Gasteiger partial charge < -0.3 is 15.5 Å². The molecule has 1 atom stereocenters. The van der Waals surface area contributed by atoms with E-state index in [1.54, 1.807) is 26.0 Å². The predicted molar refractivity (Wildman–Crippen MR) is 111 cm³/mol. The molecule has 0 unspecified atom stereocenters. The van der Waals surface area contributed by atoms with E-state index in [2.05, 4.69) is 25.6 Å². The third kappa shape index (κ3) is 5.21. The Morgan fingerprint density at radius 2 is 1.97 bits per heavy atom. The zero-order valence-electron chi connectivity index (χ0n) is 17.4. The van der Waals surface area contributed by atoms with Crippen molar-refractivity contribution in [2.45, 2.75) is 26.1 Å². The fourth-order valence-corrected chi connectivity index (χ4v) is 3.21. The number of rotatable bonds is 6. The summed E-state index contributed by atoms with van der Waals surface area (Å²) in [6.45, 7) is 3.46. The van der Waals surface area contributed by atoms with Crippen molar-refractivity contribution in [2.24, 2.45) is 4.99 Å². The monoisotopic (exact) mass is 450 g/mol. The van der Waals surface area contributed by atoms with E-state index in [-0.39, 0.29) is 36.0 Å². The molecule has 32 heavy (non-hydrogen) atoms. The van der Waals surface area contributed by atoms with Crippen molar-refractivity contribution < 1.29 is 22.4 Å². The maximum Gasteiger partial charge on any atom is 0.415 e. The Kier molecular flexibility index (Phi) is 7.06. The van der Waals surface area contributed by atoms with E-state index >= 15 is 0 Å². The first-order valence-corrected chi connectivity index (χ1v) is 9.90. The Bertz CT molecular complexity index is 1020. The zero-order chi connectivity index (χ0) is 23.3. The second-order valence-electron chi connectivity index (χ2n) is 7.03. The summed E-state index contributed by atoms with van der Waals surface area (Å²) in [5, 5.41) is 5.36. The fourth-order valence-electron chi connectivity index (χ4n) is 3.21. The van der Waals surface area contributed by atoms with Crippen LogP contribution in [0.3, 0.4) is 0 Å². The number of guanidine groups is 1. The number of hydrogen-bond acceptors (Lipinski definition) is 6. The first-order chi connectivity index (χ1) is 15.2. The molecular weight excluding hydrogens is 428 g/mol. The van der Waals surface area contributed by atoms with Crippen LogP contribution in [-0.2, 0) is 0 Å². The quantitative estimate of drug-likeness (QED) is 0.661. The van der Waals surface area contributed by atoms with Gasteiger partial charge in [-0.1, -0.05) is 12.1 Å². The molecule has 1 aliphatic rings.